The van der Waals surface area contributed by atoms with Crippen LogP contribution in [-0.4, -0.2) is 49.8 Å². The molecule has 3 heteroatoms. The van der Waals surface area contributed by atoms with Gasteiger partial charge in [-0.3, -0.25) is 4.90 Å². The fourth-order valence-corrected chi connectivity index (χ4v) is 2.85. The molecule has 1 heterocycles. The fourth-order valence-electron chi connectivity index (χ4n) is 2.85. The Morgan fingerprint density at radius 2 is 2.10 bits per heavy atom. The van der Waals surface area contributed by atoms with Crippen molar-refractivity contribution in [3.8, 4) is 0 Å². The molecule has 0 spiro atoms. The summed E-state index contributed by atoms with van der Waals surface area (Å²) < 4.78 is 5.44. The van der Waals surface area contributed by atoms with Gasteiger partial charge in [0.2, 0.25) is 0 Å². The van der Waals surface area contributed by atoms with Gasteiger partial charge < -0.3 is 10.1 Å². The molecule has 0 saturated carbocycles. The third-order valence-corrected chi connectivity index (χ3v) is 4.04. The molecule has 1 aromatic rings. The summed E-state index contributed by atoms with van der Waals surface area (Å²) in [6, 6.07) is 12.0. The van der Waals surface area contributed by atoms with Gasteiger partial charge in [0.05, 0.1) is 0 Å². The molecule has 2 rings (SSSR count). The van der Waals surface area contributed by atoms with Crippen molar-refractivity contribution in [2.24, 2.45) is 0 Å². The third-order valence-electron chi connectivity index (χ3n) is 4.04. The van der Waals surface area contributed by atoms with Crippen molar-refractivity contribution in [1.82, 2.24) is 10.2 Å². The summed E-state index contributed by atoms with van der Waals surface area (Å²) in [4.78, 5) is 2.60. The van der Waals surface area contributed by atoms with Crippen LogP contribution in [0.1, 0.15) is 25.8 Å². The van der Waals surface area contributed by atoms with E-state index in [-0.39, 0.29) is 0 Å². The third kappa shape index (κ3) is 4.89. The molecule has 1 aliphatic heterocycles. The molecule has 2 unspecified atom stereocenters. The van der Waals surface area contributed by atoms with Gasteiger partial charge in [0, 0.05) is 44.9 Å². The van der Waals surface area contributed by atoms with Crippen molar-refractivity contribution in [3.05, 3.63) is 35.9 Å². The highest BCUT2D eigenvalue weighted by Crippen LogP contribution is 2.11. The number of nitrogens with zero attached hydrogens (tertiary/aromatic N) is 1. The predicted molar refractivity (Wildman–Crippen MR) is 84.1 cm³/mol. The Balaban J connectivity index is 1.78. The van der Waals surface area contributed by atoms with E-state index in [1.54, 1.807) is 0 Å². The molecule has 0 radical (unpaired) electrons. The van der Waals surface area contributed by atoms with Crippen LogP contribution in [0.5, 0.6) is 0 Å². The Morgan fingerprint density at radius 1 is 1.30 bits per heavy atom. The Labute approximate surface area is 123 Å². The molecule has 1 aromatic carbocycles. The second-order valence-corrected chi connectivity index (χ2v) is 5.69. The normalized spacial score (nSPS) is 23.9. The zero-order valence-corrected chi connectivity index (χ0v) is 12.8. The van der Waals surface area contributed by atoms with Gasteiger partial charge in [0.15, 0.2) is 0 Å². The summed E-state index contributed by atoms with van der Waals surface area (Å²) in [5.74, 6) is 0. The molecule has 3 nitrogen and oxygen atoms in total. The van der Waals surface area contributed by atoms with Crippen molar-refractivity contribution in [1.29, 1.82) is 0 Å². The molecule has 0 aliphatic carbocycles. The quantitative estimate of drug-likeness (QED) is 0.774. The lowest BCUT2D eigenvalue weighted by atomic mass is 10.0. The minimum absolute atomic E-state index is 0.570. The fraction of sp³-hybridized carbons (Fsp3) is 0.647. The highest BCUT2D eigenvalue weighted by Gasteiger charge is 2.24. The highest BCUT2D eigenvalue weighted by atomic mass is 16.5. The van der Waals surface area contributed by atoms with E-state index in [9.17, 15) is 0 Å². The summed E-state index contributed by atoms with van der Waals surface area (Å²) in [5, 5.41) is 3.68. The van der Waals surface area contributed by atoms with Crippen molar-refractivity contribution in [2.75, 3.05) is 32.8 Å². The summed E-state index contributed by atoms with van der Waals surface area (Å²) in [6.45, 7) is 9.46. The van der Waals surface area contributed by atoms with E-state index >= 15 is 0 Å². The second kappa shape index (κ2) is 8.40. The first-order valence-electron chi connectivity index (χ1n) is 7.88. The van der Waals surface area contributed by atoms with Gasteiger partial charge >= 0.3 is 0 Å². The van der Waals surface area contributed by atoms with E-state index in [1.807, 2.05) is 0 Å². The lowest BCUT2D eigenvalue weighted by Crippen LogP contribution is -2.56. The van der Waals surface area contributed by atoms with Crippen LogP contribution in [0.2, 0.25) is 0 Å². The van der Waals surface area contributed by atoms with Crippen molar-refractivity contribution in [3.63, 3.8) is 0 Å². The van der Waals surface area contributed by atoms with Crippen molar-refractivity contribution < 1.29 is 4.74 Å². The van der Waals surface area contributed by atoms with Crippen molar-refractivity contribution in [2.45, 2.75) is 38.8 Å². The molecule has 0 aromatic heterocycles. The average Bonchev–Trinajstić information content (AvgIpc) is 2.48. The van der Waals surface area contributed by atoms with Crippen LogP contribution in [0, 0.1) is 0 Å². The minimum atomic E-state index is 0.570. The number of hydrogen-bond donors (Lipinski definition) is 1. The molecule has 1 N–H and O–H groups in total. The standard InChI is InChI=1S/C17H28N2O/c1-3-20-11-7-10-19-14-17(18-13-15(19)2)12-16-8-5-4-6-9-16/h4-6,8-9,15,17-18H,3,7,10-14H2,1-2H3. The van der Waals surface area contributed by atoms with Gasteiger partial charge in [-0.05, 0) is 32.3 Å². The van der Waals surface area contributed by atoms with E-state index in [2.05, 4.69) is 54.4 Å². The van der Waals surface area contributed by atoms with Gasteiger partial charge in [0.1, 0.15) is 0 Å². The number of piperazine rings is 1. The monoisotopic (exact) mass is 276 g/mol. The predicted octanol–water partition coefficient (Wildman–Crippen LogP) is 2.32. The molecule has 112 valence electrons. The molecule has 0 bridgehead atoms. The molecule has 1 saturated heterocycles. The summed E-state index contributed by atoms with van der Waals surface area (Å²) >= 11 is 0. The number of benzene rings is 1. The maximum atomic E-state index is 5.44. The number of rotatable bonds is 7. The number of nitrogens with one attached hydrogen (secondary N) is 1. The lowest BCUT2D eigenvalue weighted by molar-refractivity contribution is 0.103. The van der Waals surface area contributed by atoms with Crippen LogP contribution < -0.4 is 5.32 Å². The second-order valence-electron chi connectivity index (χ2n) is 5.69. The summed E-state index contributed by atoms with van der Waals surface area (Å²) in [5.41, 5.74) is 1.42. The van der Waals surface area contributed by atoms with Crippen LogP contribution in [-0.2, 0) is 11.2 Å². The van der Waals surface area contributed by atoms with Gasteiger partial charge in [0.25, 0.3) is 0 Å². The van der Waals surface area contributed by atoms with Gasteiger partial charge in [-0.2, -0.15) is 0 Å². The van der Waals surface area contributed by atoms with E-state index in [0.29, 0.717) is 12.1 Å². The van der Waals surface area contributed by atoms with E-state index in [4.69, 9.17) is 4.74 Å². The lowest BCUT2D eigenvalue weighted by Gasteiger charge is -2.39. The molecular formula is C17H28N2O. The Hall–Kier alpha value is -0.900. The first kappa shape index (κ1) is 15.5. The smallest absolute Gasteiger partial charge is 0.0478 e. The molecule has 2 atom stereocenters. The molecular weight excluding hydrogens is 248 g/mol. The van der Waals surface area contributed by atoms with E-state index in [1.165, 1.54) is 5.56 Å². The number of ether oxygens (including phenoxy) is 1. The summed E-state index contributed by atoms with van der Waals surface area (Å²) in [7, 11) is 0. The molecule has 1 fully saturated rings. The molecule has 1 aliphatic rings. The Morgan fingerprint density at radius 3 is 2.85 bits per heavy atom. The van der Waals surface area contributed by atoms with Crippen LogP contribution in [0.3, 0.4) is 0 Å². The van der Waals surface area contributed by atoms with E-state index in [0.717, 1.165) is 45.7 Å². The maximum Gasteiger partial charge on any atom is 0.0478 e. The van der Waals surface area contributed by atoms with E-state index < -0.39 is 0 Å². The Bertz CT molecular complexity index is 369. The highest BCUT2D eigenvalue weighted by molar-refractivity contribution is 5.16. The van der Waals surface area contributed by atoms with Gasteiger partial charge in [-0.1, -0.05) is 30.3 Å². The van der Waals surface area contributed by atoms with Crippen LogP contribution >= 0.6 is 0 Å². The maximum absolute atomic E-state index is 5.44. The first-order chi connectivity index (χ1) is 9.79. The van der Waals surface area contributed by atoms with Crippen LogP contribution in [0.25, 0.3) is 0 Å². The van der Waals surface area contributed by atoms with Gasteiger partial charge in [-0.25, -0.2) is 0 Å². The number of hydrogen-bond acceptors (Lipinski definition) is 3. The Kier molecular flexibility index (Phi) is 6.51. The SMILES string of the molecule is CCOCCCN1CC(Cc2ccccc2)NCC1C. The molecule has 0 amide bonds. The minimum Gasteiger partial charge on any atom is -0.382 e. The van der Waals surface area contributed by atoms with Crippen LogP contribution in [0.4, 0.5) is 0 Å². The average molecular weight is 276 g/mol. The zero-order valence-electron chi connectivity index (χ0n) is 12.8. The van der Waals surface area contributed by atoms with Crippen LogP contribution in [0.15, 0.2) is 30.3 Å². The summed E-state index contributed by atoms with van der Waals surface area (Å²) in [6.07, 6.45) is 2.26. The topological polar surface area (TPSA) is 24.5 Å². The largest absolute Gasteiger partial charge is 0.382 e. The van der Waals surface area contributed by atoms with Crippen molar-refractivity contribution >= 4 is 0 Å². The molecule has 20 heavy (non-hydrogen) atoms. The zero-order chi connectivity index (χ0) is 14.2. The van der Waals surface area contributed by atoms with Gasteiger partial charge in [-0.15, -0.1) is 0 Å². The first-order valence-corrected chi connectivity index (χ1v) is 7.88.